The zero-order valence-corrected chi connectivity index (χ0v) is 4.41. The van der Waals surface area contributed by atoms with Gasteiger partial charge in [-0.15, -0.1) is 0 Å². The Morgan fingerprint density at radius 3 is 2.50 bits per heavy atom. The zero-order valence-electron chi connectivity index (χ0n) is 4.41. The van der Waals surface area contributed by atoms with Crippen LogP contribution in [0.4, 0.5) is 0 Å². The van der Waals surface area contributed by atoms with Gasteiger partial charge in [-0.25, -0.2) is 5.26 Å². The molecular weight excluding hydrogens is 96.9 g/mol. The predicted molar refractivity (Wildman–Crippen MR) is 33.9 cm³/mol. The minimum atomic E-state index is -0.000000000000000666. The molecule has 0 fully saturated rings. The lowest BCUT2D eigenvalue weighted by Crippen LogP contribution is -2.07. The first kappa shape index (κ1) is 5.18. The van der Waals surface area contributed by atoms with Gasteiger partial charge >= 0.3 is 0 Å². The monoisotopic (exact) mass is 102 g/mol. The lowest BCUT2D eigenvalue weighted by atomic mass is 9.48. The molecule has 1 rings (SSSR count). The van der Waals surface area contributed by atoms with Crippen LogP contribution in [0.25, 0.3) is 0 Å². The maximum absolute atomic E-state index is 8.32. The fourth-order valence-corrected chi connectivity index (χ4v) is 0.582. The Kier molecular flexibility index (Phi) is 1.53. The molecule has 0 spiro atoms. The van der Waals surface area contributed by atoms with Gasteiger partial charge in [-0.3, -0.25) is 0 Å². The van der Waals surface area contributed by atoms with Gasteiger partial charge in [-0.05, 0) is 6.32 Å². The average Bonchev–Trinajstić information content (AvgIpc) is 1.90. The summed E-state index contributed by atoms with van der Waals surface area (Å²) in [6.07, 6.45) is 7.54. The van der Waals surface area contributed by atoms with E-state index in [1.807, 2.05) is 30.5 Å². The van der Waals surface area contributed by atoms with E-state index in [4.69, 9.17) is 5.26 Å². The number of rotatable bonds is 0. The SMILES string of the molecule is N#CB1[CH]C=CC=C1. The number of nitrogens with zero attached hydrogens (tertiary/aromatic N) is 1. The van der Waals surface area contributed by atoms with E-state index in [1.165, 1.54) is 0 Å². The molecule has 8 heavy (non-hydrogen) atoms. The lowest BCUT2D eigenvalue weighted by Gasteiger charge is -1.94. The summed E-state index contributed by atoms with van der Waals surface area (Å²) >= 11 is 0. The molecule has 0 bridgehead atoms. The molecule has 2 heteroatoms. The van der Waals surface area contributed by atoms with E-state index >= 15 is 0 Å². The molecule has 0 aromatic heterocycles. The third-order valence-electron chi connectivity index (χ3n) is 1.01. The van der Waals surface area contributed by atoms with Crippen LogP contribution in [0, 0.1) is 17.6 Å². The van der Waals surface area contributed by atoms with Gasteiger partial charge in [0.05, 0.1) is 0 Å². The molecule has 0 aromatic carbocycles. The summed E-state index contributed by atoms with van der Waals surface area (Å²) < 4.78 is 0. The molecule has 1 heterocycles. The topological polar surface area (TPSA) is 23.8 Å². The second-order valence-electron chi connectivity index (χ2n) is 1.62. The van der Waals surface area contributed by atoms with Gasteiger partial charge in [0.2, 0.25) is 0 Å². The molecule has 1 aliphatic heterocycles. The number of allylic oxidation sites excluding steroid dienone is 3. The second-order valence-corrected chi connectivity index (χ2v) is 1.62. The van der Waals surface area contributed by atoms with E-state index < -0.39 is 0 Å². The molecule has 0 aromatic rings. The molecule has 0 unspecified atom stereocenters. The summed E-state index contributed by atoms with van der Waals surface area (Å²) in [6, 6.07) is 0. The average molecular weight is 102 g/mol. The molecule has 0 aliphatic carbocycles. The van der Waals surface area contributed by atoms with Gasteiger partial charge in [-0.1, -0.05) is 24.2 Å². The Bertz CT molecular complexity index is 164. The standard InChI is InChI=1S/C6H5BN/c8-6-7-4-2-1-3-5-7/h1-5H. The lowest BCUT2D eigenvalue weighted by molar-refractivity contribution is 1.55. The van der Waals surface area contributed by atoms with Crippen molar-refractivity contribution in [2.45, 2.75) is 0 Å². The Morgan fingerprint density at radius 2 is 2.12 bits per heavy atom. The molecule has 0 saturated carbocycles. The van der Waals surface area contributed by atoms with Crippen LogP contribution in [0.5, 0.6) is 0 Å². The fourth-order valence-electron chi connectivity index (χ4n) is 0.582. The largest absolute Gasteiger partial charge is 0.299 e. The molecule has 1 nitrogen and oxygen atoms in total. The summed E-state index contributed by atoms with van der Waals surface area (Å²) in [7, 11) is 0. The summed E-state index contributed by atoms with van der Waals surface area (Å²) in [5.74, 6) is 3.97. The highest BCUT2D eigenvalue weighted by Crippen LogP contribution is 1.97. The third kappa shape index (κ3) is 1.00. The Balaban J connectivity index is 2.55. The maximum atomic E-state index is 8.32. The maximum Gasteiger partial charge on any atom is 0.299 e. The van der Waals surface area contributed by atoms with Crippen LogP contribution in [0.3, 0.4) is 0 Å². The number of hydrogen-bond acceptors (Lipinski definition) is 1. The van der Waals surface area contributed by atoms with Crippen molar-refractivity contribution in [2.24, 2.45) is 0 Å². The van der Waals surface area contributed by atoms with Crippen molar-refractivity contribution >= 4 is 6.71 Å². The van der Waals surface area contributed by atoms with E-state index in [9.17, 15) is 0 Å². The first-order valence-electron chi connectivity index (χ1n) is 2.51. The van der Waals surface area contributed by atoms with Crippen LogP contribution in [-0.2, 0) is 0 Å². The first-order chi connectivity index (χ1) is 3.93. The molecule has 0 atom stereocenters. The van der Waals surface area contributed by atoms with E-state index in [0.29, 0.717) is 0 Å². The van der Waals surface area contributed by atoms with Crippen LogP contribution in [0.1, 0.15) is 0 Å². The summed E-state index contributed by atoms with van der Waals surface area (Å²) in [5, 5.41) is 8.32. The highest BCUT2D eigenvalue weighted by atomic mass is 14.2. The van der Waals surface area contributed by atoms with Crippen molar-refractivity contribution in [3.63, 3.8) is 0 Å². The van der Waals surface area contributed by atoms with E-state index in [2.05, 4.69) is 5.97 Å². The van der Waals surface area contributed by atoms with Gasteiger partial charge < -0.3 is 0 Å². The quantitative estimate of drug-likeness (QED) is 0.417. The van der Waals surface area contributed by atoms with Gasteiger partial charge in [0.15, 0.2) is 0 Å². The minimum absolute atomic E-state index is 0.000000000000000666. The highest BCUT2D eigenvalue weighted by Gasteiger charge is 2.07. The molecular formula is C6H5BN. The van der Waals surface area contributed by atoms with E-state index in [-0.39, 0.29) is 6.71 Å². The molecule has 1 aliphatic rings. The van der Waals surface area contributed by atoms with Crippen molar-refractivity contribution in [2.75, 3.05) is 0 Å². The van der Waals surface area contributed by atoms with Crippen LogP contribution in [0.15, 0.2) is 24.2 Å². The number of hydrogen-bond donors (Lipinski definition) is 0. The normalized spacial score (nSPS) is 16.1. The highest BCUT2D eigenvalue weighted by molar-refractivity contribution is 6.76. The minimum Gasteiger partial charge on any atom is -0.212 e. The van der Waals surface area contributed by atoms with Crippen LogP contribution in [-0.4, -0.2) is 6.71 Å². The Morgan fingerprint density at radius 1 is 1.25 bits per heavy atom. The third-order valence-corrected chi connectivity index (χ3v) is 1.01. The fraction of sp³-hybridized carbons (Fsp3) is 0. The van der Waals surface area contributed by atoms with Crippen molar-refractivity contribution in [1.29, 1.82) is 5.26 Å². The molecule has 0 saturated heterocycles. The van der Waals surface area contributed by atoms with Crippen LogP contribution >= 0.6 is 0 Å². The second kappa shape index (κ2) is 2.37. The number of nitriles is 1. The summed E-state index contributed by atoms with van der Waals surface area (Å²) in [5.41, 5.74) is 0. The van der Waals surface area contributed by atoms with Crippen molar-refractivity contribution in [1.82, 2.24) is 0 Å². The Hall–Kier alpha value is -0.965. The zero-order chi connectivity index (χ0) is 5.82. The van der Waals surface area contributed by atoms with Crippen LogP contribution in [0.2, 0.25) is 0 Å². The van der Waals surface area contributed by atoms with Gasteiger partial charge in [0.25, 0.3) is 6.71 Å². The van der Waals surface area contributed by atoms with Crippen molar-refractivity contribution in [3.05, 3.63) is 30.5 Å². The van der Waals surface area contributed by atoms with Crippen molar-refractivity contribution < 1.29 is 0 Å². The van der Waals surface area contributed by atoms with Gasteiger partial charge in [0.1, 0.15) is 0 Å². The van der Waals surface area contributed by atoms with Gasteiger partial charge in [0, 0.05) is 5.97 Å². The Labute approximate surface area is 49.4 Å². The molecule has 0 N–H and O–H groups in total. The molecule has 0 amide bonds. The summed E-state index contributed by atoms with van der Waals surface area (Å²) in [6.45, 7) is -0.000000000000000666. The smallest absolute Gasteiger partial charge is 0.212 e. The van der Waals surface area contributed by atoms with Gasteiger partial charge in [-0.2, -0.15) is 0 Å². The van der Waals surface area contributed by atoms with Crippen molar-refractivity contribution in [3.8, 4) is 5.97 Å². The van der Waals surface area contributed by atoms with E-state index in [0.717, 1.165) is 0 Å². The van der Waals surface area contributed by atoms with Crippen LogP contribution < -0.4 is 0 Å². The first-order valence-corrected chi connectivity index (χ1v) is 2.51. The molecule has 1 radical (unpaired) electrons. The predicted octanol–water partition coefficient (Wildman–Crippen LogP) is 0.953. The van der Waals surface area contributed by atoms with E-state index in [1.54, 1.807) is 0 Å². The molecule has 37 valence electrons. The summed E-state index contributed by atoms with van der Waals surface area (Å²) in [4.78, 5) is 0.